The van der Waals surface area contributed by atoms with E-state index in [0.717, 1.165) is 0 Å². The highest BCUT2D eigenvalue weighted by Crippen LogP contribution is 2.16. The number of hydrogen-bond donors (Lipinski definition) is 1. The highest BCUT2D eigenvalue weighted by molar-refractivity contribution is 7.89. The van der Waals surface area contributed by atoms with Crippen LogP contribution >= 0.6 is 0 Å². The Morgan fingerprint density at radius 3 is 2.75 bits per heavy atom. The third-order valence-electron chi connectivity index (χ3n) is 1.60. The van der Waals surface area contributed by atoms with E-state index in [1.54, 1.807) is 6.07 Å². The first-order valence-corrected chi connectivity index (χ1v) is 5.10. The van der Waals surface area contributed by atoms with Crippen molar-refractivity contribution in [2.75, 3.05) is 7.05 Å². The second kappa shape index (κ2) is 3.28. The fraction of sp³-hybridized carbons (Fsp3) is 0.429. The molecule has 0 aliphatic heterocycles. The molecule has 68 valence electrons. The molecule has 0 aromatic carbocycles. The van der Waals surface area contributed by atoms with Crippen LogP contribution in [-0.4, -0.2) is 15.5 Å². The number of sulfonamides is 1. The molecule has 1 aromatic rings. The van der Waals surface area contributed by atoms with Crippen LogP contribution in [0.1, 0.15) is 12.5 Å². The number of aryl methyl sites for hydroxylation is 1. The van der Waals surface area contributed by atoms with Crippen molar-refractivity contribution >= 4 is 10.0 Å². The molecule has 4 nitrogen and oxygen atoms in total. The van der Waals surface area contributed by atoms with Gasteiger partial charge in [0.2, 0.25) is 5.09 Å². The van der Waals surface area contributed by atoms with E-state index < -0.39 is 10.0 Å². The summed E-state index contributed by atoms with van der Waals surface area (Å²) >= 11 is 0. The van der Waals surface area contributed by atoms with E-state index in [1.807, 2.05) is 6.92 Å². The Bertz CT molecular complexity index is 352. The first-order chi connectivity index (χ1) is 5.61. The van der Waals surface area contributed by atoms with Crippen LogP contribution in [0.15, 0.2) is 21.8 Å². The van der Waals surface area contributed by atoms with Gasteiger partial charge in [-0.05, 0) is 19.5 Å². The summed E-state index contributed by atoms with van der Waals surface area (Å²) in [6.07, 6.45) is 2.02. The standard InChI is InChI=1S/C7H11NO3S/c1-3-6-4-5-11-7(6)12(9,10)8-2/h4-5,8H,3H2,1-2H3. The molecule has 0 fully saturated rings. The first kappa shape index (κ1) is 9.28. The number of rotatable bonds is 3. The summed E-state index contributed by atoms with van der Waals surface area (Å²) in [5.74, 6) is 0. The van der Waals surface area contributed by atoms with E-state index in [-0.39, 0.29) is 5.09 Å². The Labute approximate surface area is 71.6 Å². The zero-order chi connectivity index (χ0) is 9.19. The summed E-state index contributed by atoms with van der Waals surface area (Å²) < 4.78 is 29.5. The summed E-state index contributed by atoms with van der Waals surface area (Å²) in [6.45, 7) is 1.87. The van der Waals surface area contributed by atoms with Crippen molar-refractivity contribution in [3.05, 3.63) is 17.9 Å². The van der Waals surface area contributed by atoms with Crippen LogP contribution in [0.2, 0.25) is 0 Å². The molecule has 0 bridgehead atoms. The van der Waals surface area contributed by atoms with E-state index in [2.05, 4.69) is 4.72 Å². The van der Waals surface area contributed by atoms with E-state index in [9.17, 15) is 8.42 Å². The van der Waals surface area contributed by atoms with E-state index in [4.69, 9.17) is 4.42 Å². The minimum atomic E-state index is -3.41. The molecule has 12 heavy (non-hydrogen) atoms. The van der Waals surface area contributed by atoms with Crippen LogP contribution in [0.5, 0.6) is 0 Å². The topological polar surface area (TPSA) is 59.3 Å². The molecule has 0 aliphatic rings. The van der Waals surface area contributed by atoms with Gasteiger partial charge in [0.1, 0.15) is 0 Å². The molecule has 0 spiro atoms. The molecule has 0 radical (unpaired) electrons. The molecule has 1 heterocycles. The van der Waals surface area contributed by atoms with Crippen LogP contribution in [0, 0.1) is 0 Å². The van der Waals surface area contributed by atoms with Crippen molar-refractivity contribution in [1.29, 1.82) is 0 Å². The Hall–Kier alpha value is -0.810. The second-order valence-corrected chi connectivity index (χ2v) is 4.08. The van der Waals surface area contributed by atoms with Crippen molar-refractivity contribution < 1.29 is 12.8 Å². The van der Waals surface area contributed by atoms with Gasteiger partial charge in [0, 0.05) is 5.56 Å². The lowest BCUT2D eigenvalue weighted by molar-refractivity contribution is 0.442. The number of nitrogens with one attached hydrogen (secondary N) is 1. The van der Waals surface area contributed by atoms with Crippen LogP contribution in [-0.2, 0) is 16.4 Å². The molecule has 0 saturated carbocycles. The Morgan fingerprint density at radius 1 is 1.58 bits per heavy atom. The minimum absolute atomic E-state index is 0.0208. The third kappa shape index (κ3) is 1.51. The minimum Gasteiger partial charge on any atom is -0.451 e. The van der Waals surface area contributed by atoms with Crippen molar-refractivity contribution in [2.24, 2.45) is 0 Å². The predicted octanol–water partition coefficient (Wildman–Crippen LogP) is 0.750. The van der Waals surface area contributed by atoms with Crippen LogP contribution in [0.4, 0.5) is 0 Å². The van der Waals surface area contributed by atoms with Gasteiger partial charge in [0.05, 0.1) is 6.26 Å². The second-order valence-electron chi connectivity index (χ2n) is 2.29. The van der Waals surface area contributed by atoms with Gasteiger partial charge in [-0.3, -0.25) is 0 Å². The van der Waals surface area contributed by atoms with Crippen LogP contribution < -0.4 is 4.72 Å². The van der Waals surface area contributed by atoms with Crippen LogP contribution in [0.25, 0.3) is 0 Å². The molecule has 5 heteroatoms. The molecule has 0 aliphatic carbocycles. The maximum absolute atomic E-state index is 11.2. The van der Waals surface area contributed by atoms with Crippen molar-refractivity contribution in [3.63, 3.8) is 0 Å². The van der Waals surface area contributed by atoms with Gasteiger partial charge in [-0.2, -0.15) is 0 Å². The average Bonchev–Trinajstić information content (AvgIpc) is 2.52. The van der Waals surface area contributed by atoms with Crippen LogP contribution in [0.3, 0.4) is 0 Å². The zero-order valence-electron chi connectivity index (χ0n) is 6.99. The SMILES string of the molecule is CCc1ccoc1S(=O)(=O)NC. The smallest absolute Gasteiger partial charge is 0.273 e. The van der Waals surface area contributed by atoms with Gasteiger partial charge >= 0.3 is 0 Å². The summed E-state index contributed by atoms with van der Waals surface area (Å²) in [5.41, 5.74) is 0.698. The van der Waals surface area contributed by atoms with Gasteiger partial charge in [0.15, 0.2) is 0 Å². The summed E-state index contributed by atoms with van der Waals surface area (Å²) in [7, 11) is -2.06. The molecule has 1 aromatic heterocycles. The molecular weight excluding hydrogens is 178 g/mol. The van der Waals surface area contributed by atoms with Gasteiger partial charge in [-0.15, -0.1) is 0 Å². The zero-order valence-corrected chi connectivity index (χ0v) is 7.81. The predicted molar refractivity (Wildman–Crippen MR) is 44.3 cm³/mol. The molecule has 1 N–H and O–H groups in total. The van der Waals surface area contributed by atoms with Crippen molar-refractivity contribution in [1.82, 2.24) is 4.72 Å². The highest BCUT2D eigenvalue weighted by Gasteiger charge is 2.18. The maximum atomic E-state index is 11.2. The lowest BCUT2D eigenvalue weighted by Gasteiger charge is -1.99. The number of hydrogen-bond acceptors (Lipinski definition) is 3. The molecule has 0 amide bonds. The average molecular weight is 189 g/mol. The fourth-order valence-corrected chi connectivity index (χ4v) is 1.84. The van der Waals surface area contributed by atoms with Gasteiger partial charge in [-0.25, -0.2) is 13.1 Å². The largest absolute Gasteiger partial charge is 0.451 e. The van der Waals surface area contributed by atoms with Gasteiger partial charge in [-0.1, -0.05) is 6.92 Å². The quantitative estimate of drug-likeness (QED) is 0.763. The summed E-state index contributed by atoms with van der Waals surface area (Å²) in [5, 5.41) is 0.0208. The van der Waals surface area contributed by atoms with E-state index >= 15 is 0 Å². The van der Waals surface area contributed by atoms with E-state index in [1.165, 1.54) is 13.3 Å². The maximum Gasteiger partial charge on any atom is 0.273 e. The molecule has 1 rings (SSSR count). The Morgan fingerprint density at radius 2 is 2.25 bits per heavy atom. The van der Waals surface area contributed by atoms with Gasteiger partial charge in [0.25, 0.3) is 10.0 Å². The molecule has 0 unspecified atom stereocenters. The summed E-state index contributed by atoms with van der Waals surface area (Å²) in [4.78, 5) is 0. The fourth-order valence-electron chi connectivity index (χ4n) is 0.912. The Balaban J connectivity index is 3.19. The lowest BCUT2D eigenvalue weighted by Crippen LogP contribution is -2.19. The van der Waals surface area contributed by atoms with Gasteiger partial charge < -0.3 is 4.42 Å². The number of furan rings is 1. The monoisotopic (exact) mass is 189 g/mol. The highest BCUT2D eigenvalue weighted by atomic mass is 32.2. The molecule has 0 saturated heterocycles. The molecule has 0 atom stereocenters. The van der Waals surface area contributed by atoms with Crippen molar-refractivity contribution in [3.8, 4) is 0 Å². The Kier molecular flexibility index (Phi) is 2.54. The lowest BCUT2D eigenvalue weighted by atomic mass is 10.3. The van der Waals surface area contributed by atoms with E-state index in [0.29, 0.717) is 12.0 Å². The van der Waals surface area contributed by atoms with Crippen molar-refractivity contribution in [2.45, 2.75) is 18.4 Å². The summed E-state index contributed by atoms with van der Waals surface area (Å²) in [6, 6.07) is 1.66. The first-order valence-electron chi connectivity index (χ1n) is 3.61. The molecular formula is C7H11NO3S. The third-order valence-corrected chi connectivity index (χ3v) is 2.98. The normalized spacial score (nSPS) is 11.8.